The number of aromatic nitrogens is 4. The summed E-state index contributed by atoms with van der Waals surface area (Å²) in [6.07, 6.45) is 1.72. The van der Waals surface area contributed by atoms with Gasteiger partial charge in [-0.05, 0) is 6.07 Å². The van der Waals surface area contributed by atoms with Gasteiger partial charge in [0.25, 0.3) is 0 Å². The Bertz CT molecular complexity index is 864. The van der Waals surface area contributed by atoms with Crippen LogP contribution in [0.3, 0.4) is 0 Å². The summed E-state index contributed by atoms with van der Waals surface area (Å²) in [6, 6.07) is 16.1. The number of benzene rings is 2. The Morgan fingerprint density at radius 2 is 1.80 bits per heavy atom. The molecule has 0 saturated carbocycles. The fourth-order valence-electron chi connectivity index (χ4n) is 2.32. The monoisotopic (exact) mass is 278 g/mol. The Morgan fingerprint density at radius 3 is 2.70 bits per heavy atom. The minimum Gasteiger partial charge on any atom is -0.344 e. The van der Waals surface area contributed by atoms with Gasteiger partial charge in [0.15, 0.2) is 0 Å². The van der Waals surface area contributed by atoms with Crippen LogP contribution in [-0.2, 0) is 0 Å². The zero-order valence-corrected chi connectivity index (χ0v) is 11.3. The molecule has 0 aliphatic rings. The summed E-state index contributed by atoms with van der Waals surface area (Å²) < 4.78 is 8.68. The number of fused-ring (bicyclic) bond motifs is 1. The maximum Gasteiger partial charge on any atom is 0.114 e. The molecule has 4 rings (SSSR count). The van der Waals surface area contributed by atoms with Crippen LogP contribution in [0, 0.1) is 0 Å². The number of nitrogens with one attached hydrogen (secondary N) is 1. The van der Waals surface area contributed by atoms with E-state index in [0.29, 0.717) is 0 Å². The van der Waals surface area contributed by atoms with E-state index in [4.69, 9.17) is 0 Å². The molecule has 2 heterocycles. The summed E-state index contributed by atoms with van der Waals surface area (Å²) in [7, 11) is 0. The normalized spacial score (nSPS) is 11.0. The molecule has 0 atom stereocenters. The van der Waals surface area contributed by atoms with Crippen LogP contribution < -0.4 is 0 Å². The molecule has 0 radical (unpaired) electrons. The molecule has 20 heavy (non-hydrogen) atoms. The van der Waals surface area contributed by atoms with E-state index >= 15 is 0 Å². The lowest BCUT2D eigenvalue weighted by Crippen LogP contribution is -1.85. The van der Waals surface area contributed by atoms with Crippen molar-refractivity contribution in [2.45, 2.75) is 0 Å². The Labute approximate surface area is 119 Å². The SMILES string of the molecule is c1ccc(-c2nc[nH]c2-c2cccc3nsnc23)cc1. The first kappa shape index (κ1) is 11.3. The number of hydrogen-bond donors (Lipinski definition) is 1. The van der Waals surface area contributed by atoms with Gasteiger partial charge in [-0.3, -0.25) is 0 Å². The van der Waals surface area contributed by atoms with E-state index < -0.39 is 0 Å². The summed E-state index contributed by atoms with van der Waals surface area (Å²) >= 11 is 1.23. The third kappa shape index (κ3) is 1.71. The highest BCUT2D eigenvalue weighted by atomic mass is 32.1. The molecule has 0 spiro atoms. The van der Waals surface area contributed by atoms with Crippen molar-refractivity contribution in [3.05, 3.63) is 54.9 Å². The second kappa shape index (κ2) is 4.54. The number of H-pyrrole nitrogens is 1. The summed E-state index contributed by atoms with van der Waals surface area (Å²) in [5.74, 6) is 0. The van der Waals surface area contributed by atoms with Gasteiger partial charge in [0.1, 0.15) is 11.0 Å². The summed E-state index contributed by atoms with van der Waals surface area (Å²) in [5, 5.41) is 0. The molecule has 96 valence electrons. The van der Waals surface area contributed by atoms with Gasteiger partial charge in [0, 0.05) is 11.1 Å². The molecular weight excluding hydrogens is 268 g/mol. The number of aromatic amines is 1. The van der Waals surface area contributed by atoms with Crippen molar-refractivity contribution in [2.24, 2.45) is 0 Å². The van der Waals surface area contributed by atoms with Crippen LogP contribution in [0.2, 0.25) is 0 Å². The molecule has 0 bridgehead atoms. The maximum atomic E-state index is 4.45. The van der Waals surface area contributed by atoms with Crippen LogP contribution in [0.15, 0.2) is 54.9 Å². The Balaban J connectivity index is 1.96. The second-order valence-corrected chi connectivity index (χ2v) is 4.96. The van der Waals surface area contributed by atoms with Crippen LogP contribution in [0.1, 0.15) is 0 Å². The van der Waals surface area contributed by atoms with E-state index in [2.05, 4.69) is 30.8 Å². The van der Waals surface area contributed by atoms with E-state index in [-0.39, 0.29) is 0 Å². The fraction of sp³-hybridized carbons (Fsp3) is 0. The molecule has 4 nitrogen and oxygen atoms in total. The van der Waals surface area contributed by atoms with Crippen molar-refractivity contribution in [1.29, 1.82) is 0 Å². The number of imidazole rings is 1. The van der Waals surface area contributed by atoms with Crippen molar-refractivity contribution >= 4 is 22.8 Å². The summed E-state index contributed by atoms with van der Waals surface area (Å²) in [5.41, 5.74) is 5.87. The Morgan fingerprint density at radius 1 is 0.900 bits per heavy atom. The number of hydrogen-bond acceptors (Lipinski definition) is 4. The topological polar surface area (TPSA) is 54.5 Å². The van der Waals surface area contributed by atoms with Crippen LogP contribution >= 0.6 is 11.7 Å². The van der Waals surface area contributed by atoms with Crippen LogP contribution in [0.5, 0.6) is 0 Å². The van der Waals surface area contributed by atoms with Crippen molar-refractivity contribution < 1.29 is 0 Å². The molecule has 5 heteroatoms. The van der Waals surface area contributed by atoms with Crippen LogP contribution in [0.4, 0.5) is 0 Å². The molecule has 2 aromatic carbocycles. The summed E-state index contributed by atoms with van der Waals surface area (Å²) in [6.45, 7) is 0. The van der Waals surface area contributed by atoms with Crippen molar-refractivity contribution in [1.82, 2.24) is 18.7 Å². The second-order valence-electron chi connectivity index (χ2n) is 4.43. The number of rotatable bonds is 2. The maximum absolute atomic E-state index is 4.45. The molecule has 2 aromatic heterocycles. The number of nitrogens with zero attached hydrogens (tertiary/aromatic N) is 3. The first-order valence-electron chi connectivity index (χ1n) is 6.24. The van der Waals surface area contributed by atoms with Gasteiger partial charge in [0.05, 0.1) is 29.4 Å². The molecule has 0 aliphatic heterocycles. The smallest absolute Gasteiger partial charge is 0.114 e. The standard InChI is InChI=1S/C15H10N4S/c1-2-5-10(6-3-1)13-15(17-9-16-13)11-7-4-8-12-14(11)19-20-18-12/h1-9H,(H,16,17). The first-order chi connectivity index (χ1) is 9.93. The zero-order valence-electron chi connectivity index (χ0n) is 10.4. The van der Waals surface area contributed by atoms with E-state index in [0.717, 1.165) is 33.5 Å². The summed E-state index contributed by atoms with van der Waals surface area (Å²) in [4.78, 5) is 7.68. The van der Waals surface area contributed by atoms with Crippen LogP contribution in [0.25, 0.3) is 33.5 Å². The Hall–Kier alpha value is -2.53. The average molecular weight is 278 g/mol. The lowest BCUT2D eigenvalue weighted by molar-refractivity contribution is 1.31. The molecule has 0 unspecified atom stereocenters. The van der Waals surface area contributed by atoms with E-state index in [9.17, 15) is 0 Å². The predicted octanol–water partition coefficient (Wildman–Crippen LogP) is 3.75. The first-order valence-corrected chi connectivity index (χ1v) is 6.97. The minimum atomic E-state index is 0.916. The third-order valence-corrected chi connectivity index (χ3v) is 3.78. The quantitative estimate of drug-likeness (QED) is 0.607. The van der Waals surface area contributed by atoms with E-state index in [1.165, 1.54) is 11.7 Å². The third-order valence-electron chi connectivity index (χ3n) is 3.24. The van der Waals surface area contributed by atoms with E-state index in [1.807, 2.05) is 36.4 Å². The van der Waals surface area contributed by atoms with Gasteiger partial charge >= 0.3 is 0 Å². The molecule has 0 aliphatic carbocycles. The highest BCUT2D eigenvalue weighted by Crippen LogP contribution is 2.32. The minimum absolute atomic E-state index is 0.916. The molecule has 0 amide bonds. The molecule has 0 saturated heterocycles. The molecule has 1 N–H and O–H groups in total. The van der Waals surface area contributed by atoms with Gasteiger partial charge in [0.2, 0.25) is 0 Å². The Kier molecular flexibility index (Phi) is 2.57. The average Bonchev–Trinajstić information content (AvgIpc) is 3.16. The molecule has 4 aromatic rings. The van der Waals surface area contributed by atoms with E-state index in [1.54, 1.807) is 6.33 Å². The lowest BCUT2D eigenvalue weighted by Gasteiger charge is -2.03. The van der Waals surface area contributed by atoms with Crippen molar-refractivity contribution in [3.63, 3.8) is 0 Å². The van der Waals surface area contributed by atoms with Gasteiger partial charge < -0.3 is 4.98 Å². The largest absolute Gasteiger partial charge is 0.344 e. The van der Waals surface area contributed by atoms with Crippen LogP contribution in [-0.4, -0.2) is 18.7 Å². The van der Waals surface area contributed by atoms with Gasteiger partial charge in [-0.1, -0.05) is 42.5 Å². The fourth-order valence-corrected chi connectivity index (χ4v) is 2.87. The predicted molar refractivity (Wildman–Crippen MR) is 80.4 cm³/mol. The lowest BCUT2D eigenvalue weighted by atomic mass is 10.0. The van der Waals surface area contributed by atoms with Gasteiger partial charge in [-0.15, -0.1) is 0 Å². The van der Waals surface area contributed by atoms with Gasteiger partial charge in [-0.2, -0.15) is 8.75 Å². The van der Waals surface area contributed by atoms with Gasteiger partial charge in [-0.25, -0.2) is 4.98 Å². The van der Waals surface area contributed by atoms with Crippen molar-refractivity contribution in [2.75, 3.05) is 0 Å². The van der Waals surface area contributed by atoms with Crippen molar-refractivity contribution in [3.8, 4) is 22.5 Å². The molecule has 0 fully saturated rings. The highest BCUT2D eigenvalue weighted by molar-refractivity contribution is 7.00. The highest BCUT2D eigenvalue weighted by Gasteiger charge is 2.14. The zero-order chi connectivity index (χ0) is 13.4. The molecular formula is C15H10N4S.